The highest BCUT2D eigenvalue weighted by atomic mass is 16.5. The van der Waals surface area contributed by atoms with Gasteiger partial charge >= 0.3 is 5.97 Å². The first kappa shape index (κ1) is 11.2. The molecule has 0 fully saturated rings. The molecule has 0 saturated heterocycles. The van der Waals surface area contributed by atoms with Crippen LogP contribution in [-0.4, -0.2) is 36.9 Å². The van der Waals surface area contributed by atoms with E-state index in [1.54, 1.807) is 0 Å². The van der Waals surface area contributed by atoms with E-state index in [9.17, 15) is 4.79 Å². The summed E-state index contributed by atoms with van der Waals surface area (Å²) in [5.41, 5.74) is 0. The lowest BCUT2D eigenvalue weighted by molar-refractivity contribution is -0.141. The molecule has 0 aromatic carbocycles. The largest absolute Gasteiger partial charge is 0.480 e. The van der Waals surface area contributed by atoms with Gasteiger partial charge in [0, 0.05) is 13.2 Å². The Hall–Kier alpha value is -0.870. The second-order valence-electron chi connectivity index (χ2n) is 3.49. The number of carboxylic acid groups (broad SMARTS) is 1. The third-order valence-electron chi connectivity index (χ3n) is 2.34. The second kappa shape index (κ2) is 5.78. The smallest absolute Gasteiger partial charge is 0.323 e. The Morgan fingerprint density at radius 1 is 1.71 bits per heavy atom. The molecule has 0 aromatic heterocycles. The molecule has 0 saturated carbocycles. The van der Waals surface area contributed by atoms with Crippen LogP contribution in [0.4, 0.5) is 0 Å². The van der Waals surface area contributed by atoms with Crippen molar-refractivity contribution >= 4 is 5.97 Å². The van der Waals surface area contributed by atoms with Gasteiger partial charge in [-0.05, 0) is 19.3 Å². The molecular formula is C10H17NO3. The molecule has 2 atom stereocenters. The van der Waals surface area contributed by atoms with E-state index in [2.05, 4.69) is 17.5 Å². The van der Waals surface area contributed by atoms with Gasteiger partial charge in [0.15, 0.2) is 0 Å². The summed E-state index contributed by atoms with van der Waals surface area (Å²) >= 11 is 0. The molecule has 0 bridgehead atoms. The second-order valence-corrected chi connectivity index (χ2v) is 3.49. The van der Waals surface area contributed by atoms with E-state index in [1.165, 1.54) is 7.11 Å². The lowest BCUT2D eigenvalue weighted by atomic mass is 10.0. The van der Waals surface area contributed by atoms with Gasteiger partial charge in [0.1, 0.15) is 6.04 Å². The maximum Gasteiger partial charge on any atom is 0.323 e. The van der Waals surface area contributed by atoms with Crippen LogP contribution in [0.1, 0.15) is 19.3 Å². The molecule has 14 heavy (non-hydrogen) atoms. The summed E-state index contributed by atoms with van der Waals surface area (Å²) in [7, 11) is 1.51. The number of hydrogen-bond acceptors (Lipinski definition) is 3. The number of methoxy groups -OCH3 is 1. The van der Waals surface area contributed by atoms with Crippen molar-refractivity contribution in [2.24, 2.45) is 0 Å². The Labute approximate surface area is 83.9 Å². The van der Waals surface area contributed by atoms with Crippen molar-refractivity contribution in [3.8, 4) is 0 Å². The molecule has 0 heterocycles. The van der Waals surface area contributed by atoms with Crippen molar-refractivity contribution < 1.29 is 14.6 Å². The lowest BCUT2D eigenvalue weighted by Crippen LogP contribution is -2.46. The number of nitrogens with one attached hydrogen (secondary N) is 1. The van der Waals surface area contributed by atoms with Gasteiger partial charge in [0.05, 0.1) is 6.61 Å². The minimum Gasteiger partial charge on any atom is -0.480 e. The summed E-state index contributed by atoms with van der Waals surface area (Å²) in [6, 6.07) is -0.312. The Kier molecular flexibility index (Phi) is 4.62. The highest BCUT2D eigenvalue weighted by Crippen LogP contribution is 2.11. The predicted molar refractivity (Wildman–Crippen MR) is 53.2 cm³/mol. The standard InChI is InChI=1S/C10H17NO3/c1-14-7-9(10(12)13)11-8-5-3-2-4-6-8/h2-3,8-9,11H,4-7H2,1H3,(H,12,13). The van der Waals surface area contributed by atoms with Gasteiger partial charge in [-0.2, -0.15) is 0 Å². The first-order valence-electron chi connectivity index (χ1n) is 4.87. The number of ether oxygens (including phenoxy) is 1. The minimum atomic E-state index is -0.846. The first-order chi connectivity index (χ1) is 6.74. The Morgan fingerprint density at radius 3 is 3.00 bits per heavy atom. The summed E-state index contributed by atoms with van der Waals surface area (Å²) in [5, 5.41) is 12.0. The van der Waals surface area contributed by atoms with Crippen molar-refractivity contribution in [2.45, 2.75) is 31.3 Å². The minimum absolute atomic E-state index is 0.218. The summed E-state index contributed by atoms with van der Waals surface area (Å²) in [6.45, 7) is 0.218. The van der Waals surface area contributed by atoms with Gasteiger partial charge in [-0.25, -0.2) is 0 Å². The average Bonchev–Trinajstić information content (AvgIpc) is 2.18. The number of aliphatic carboxylic acids is 1. The molecule has 0 radical (unpaired) electrons. The molecule has 0 aliphatic heterocycles. The number of carboxylic acids is 1. The molecule has 2 unspecified atom stereocenters. The third kappa shape index (κ3) is 3.47. The normalized spacial score (nSPS) is 23.4. The monoisotopic (exact) mass is 199 g/mol. The summed E-state index contributed by atoms with van der Waals surface area (Å²) in [5.74, 6) is -0.846. The van der Waals surface area contributed by atoms with E-state index >= 15 is 0 Å². The number of carbonyl (C=O) groups is 1. The number of rotatable bonds is 5. The summed E-state index contributed by atoms with van der Waals surface area (Å²) in [6.07, 6.45) is 7.16. The molecule has 1 rings (SSSR count). The fraction of sp³-hybridized carbons (Fsp3) is 0.700. The third-order valence-corrected chi connectivity index (χ3v) is 2.34. The quantitative estimate of drug-likeness (QED) is 0.642. The molecule has 4 nitrogen and oxygen atoms in total. The maximum absolute atomic E-state index is 10.8. The molecule has 80 valence electrons. The number of allylic oxidation sites excluding steroid dienone is 1. The van der Waals surface area contributed by atoms with Crippen molar-refractivity contribution in [3.63, 3.8) is 0 Å². The van der Waals surface area contributed by atoms with Gasteiger partial charge in [-0.15, -0.1) is 0 Å². The van der Waals surface area contributed by atoms with Crippen molar-refractivity contribution in [1.82, 2.24) is 5.32 Å². The summed E-state index contributed by atoms with van der Waals surface area (Å²) in [4.78, 5) is 10.8. The fourth-order valence-electron chi connectivity index (χ4n) is 1.59. The zero-order valence-electron chi connectivity index (χ0n) is 8.40. The van der Waals surface area contributed by atoms with Crippen LogP contribution in [0.15, 0.2) is 12.2 Å². The van der Waals surface area contributed by atoms with Crippen LogP contribution in [0.5, 0.6) is 0 Å². The molecule has 0 amide bonds. The predicted octanol–water partition coefficient (Wildman–Crippen LogP) is 0.784. The Balaban J connectivity index is 2.38. The Bertz CT molecular complexity index is 215. The number of hydrogen-bond donors (Lipinski definition) is 2. The van der Waals surface area contributed by atoms with Crippen LogP contribution in [0.2, 0.25) is 0 Å². The van der Waals surface area contributed by atoms with Crippen LogP contribution in [0, 0.1) is 0 Å². The van der Waals surface area contributed by atoms with E-state index in [0.29, 0.717) is 0 Å². The summed E-state index contributed by atoms with van der Waals surface area (Å²) < 4.78 is 4.85. The first-order valence-corrected chi connectivity index (χ1v) is 4.87. The van der Waals surface area contributed by atoms with E-state index in [-0.39, 0.29) is 12.6 Å². The molecule has 1 aliphatic rings. The van der Waals surface area contributed by atoms with Gasteiger partial charge in [-0.1, -0.05) is 12.2 Å². The topological polar surface area (TPSA) is 58.6 Å². The SMILES string of the molecule is COCC(NC1CC=CCC1)C(=O)O. The van der Waals surface area contributed by atoms with Gasteiger partial charge in [0.2, 0.25) is 0 Å². The van der Waals surface area contributed by atoms with Crippen LogP contribution >= 0.6 is 0 Å². The van der Waals surface area contributed by atoms with Crippen molar-refractivity contribution in [3.05, 3.63) is 12.2 Å². The highest BCUT2D eigenvalue weighted by molar-refractivity contribution is 5.73. The molecular weight excluding hydrogens is 182 g/mol. The fourth-order valence-corrected chi connectivity index (χ4v) is 1.59. The molecule has 0 aromatic rings. The van der Waals surface area contributed by atoms with Crippen LogP contribution in [-0.2, 0) is 9.53 Å². The molecule has 4 heteroatoms. The molecule has 0 spiro atoms. The molecule has 1 aliphatic carbocycles. The molecule has 2 N–H and O–H groups in total. The van der Waals surface area contributed by atoms with Crippen LogP contribution in [0.25, 0.3) is 0 Å². The van der Waals surface area contributed by atoms with E-state index < -0.39 is 12.0 Å². The van der Waals surface area contributed by atoms with Crippen LogP contribution in [0.3, 0.4) is 0 Å². The average molecular weight is 199 g/mol. The Morgan fingerprint density at radius 2 is 2.50 bits per heavy atom. The zero-order valence-corrected chi connectivity index (χ0v) is 8.40. The maximum atomic E-state index is 10.8. The van der Waals surface area contributed by atoms with E-state index in [0.717, 1.165) is 19.3 Å². The van der Waals surface area contributed by atoms with Crippen molar-refractivity contribution in [1.29, 1.82) is 0 Å². The van der Waals surface area contributed by atoms with Gasteiger partial charge in [0.25, 0.3) is 0 Å². The van der Waals surface area contributed by atoms with Gasteiger partial charge < -0.3 is 9.84 Å². The van der Waals surface area contributed by atoms with Crippen LogP contribution < -0.4 is 5.32 Å². The van der Waals surface area contributed by atoms with E-state index in [1.807, 2.05) is 0 Å². The van der Waals surface area contributed by atoms with Gasteiger partial charge in [-0.3, -0.25) is 10.1 Å². The van der Waals surface area contributed by atoms with Crippen molar-refractivity contribution in [2.75, 3.05) is 13.7 Å². The lowest BCUT2D eigenvalue weighted by Gasteiger charge is -2.23. The van der Waals surface area contributed by atoms with E-state index in [4.69, 9.17) is 9.84 Å². The zero-order chi connectivity index (χ0) is 10.4. The highest BCUT2D eigenvalue weighted by Gasteiger charge is 2.21.